The summed E-state index contributed by atoms with van der Waals surface area (Å²) < 4.78 is 50.3. The zero-order valence-electron chi connectivity index (χ0n) is 9.74. The van der Waals surface area contributed by atoms with Gasteiger partial charge in [-0.2, -0.15) is 13.2 Å². The summed E-state index contributed by atoms with van der Waals surface area (Å²) in [6.07, 6.45) is -3.60. The molecule has 102 valence electrons. The van der Waals surface area contributed by atoms with Gasteiger partial charge in [0, 0.05) is 5.56 Å². The Labute approximate surface area is 109 Å². The molecular formula is C12H6F4N4. The van der Waals surface area contributed by atoms with Gasteiger partial charge in [0.25, 0.3) is 0 Å². The van der Waals surface area contributed by atoms with Crippen LogP contribution in [0.1, 0.15) is 5.82 Å². The van der Waals surface area contributed by atoms with Crippen molar-refractivity contribution in [2.24, 2.45) is 0 Å². The highest BCUT2D eigenvalue weighted by atomic mass is 19.4. The van der Waals surface area contributed by atoms with Gasteiger partial charge >= 0.3 is 6.18 Å². The summed E-state index contributed by atoms with van der Waals surface area (Å²) in [6.45, 7) is 0. The predicted molar refractivity (Wildman–Crippen MR) is 62.1 cm³/mol. The van der Waals surface area contributed by atoms with Gasteiger partial charge in [0.15, 0.2) is 5.65 Å². The monoisotopic (exact) mass is 282 g/mol. The smallest absolute Gasteiger partial charge is 0.335 e. The summed E-state index contributed by atoms with van der Waals surface area (Å²) in [6, 6.07) is 5.39. The number of hydrogen-bond donors (Lipinski definition) is 1. The first-order chi connectivity index (χ1) is 9.43. The molecule has 0 aliphatic rings. The largest absolute Gasteiger partial charge is 0.451 e. The van der Waals surface area contributed by atoms with E-state index in [0.717, 1.165) is 6.20 Å². The molecule has 0 saturated heterocycles. The second kappa shape index (κ2) is 4.26. The van der Waals surface area contributed by atoms with Gasteiger partial charge in [-0.25, -0.2) is 19.3 Å². The van der Waals surface area contributed by atoms with E-state index in [4.69, 9.17) is 0 Å². The molecule has 1 aromatic carbocycles. The Bertz CT molecular complexity index is 761. The zero-order chi connectivity index (χ0) is 14.3. The van der Waals surface area contributed by atoms with Crippen molar-refractivity contribution in [3.8, 4) is 11.4 Å². The molecule has 0 amide bonds. The Balaban J connectivity index is 2.09. The van der Waals surface area contributed by atoms with E-state index in [9.17, 15) is 17.6 Å². The minimum Gasteiger partial charge on any atom is -0.335 e. The van der Waals surface area contributed by atoms with Crippen molar-refractivity contribution < 1.29 is 17.6 Å². The molecule has 0 bridgehead atoms. The molecule has 8 heteroatoms. The summed E-state index contributed by atoms with van der Waals surface area (Å²) in [5, 5.41) is 0. The topological polar surface area (TPSA) is 54.5 Å². The van der Waals surface area contributed by atoms with Crippen molar-refractivity contribution in [1.29, 1.82) is 0 Å². The molecule has 0 aliphatic heterocycles. The van der Waals surface area contributed by atoms with Crippen molar-refractivity contribution in [2.75, 3.05) is 0 Å². The first-order valence-corrected chi connectivity index (χ1v) is 5.49. The summed E-state index contributed by atoms with van der Waals surface area (Å²) in [5.41, 5.74) is 0.724. The second-order valence-corrected chi connectivity index (χ2v) is 4.02. The molecule has 20 heavy (non-hydrogen) atoms. The van der Waals surface area contributed by atoms with E-state index in [1.54, 1.807) is 0 Å². The number of hydrogen-bond acceptors (Lipinski definition) is 3. The van der Waals surface area contributed by atoms with Crippen molar-refractivity contribution in [3.05, 3.63) is 42.1 Å². The summed E-state index contributed by atoms with van der Waals surface area (Å²) in [5.74, 6) is -1.36. The SMILES string of the molecule is Fc1ccc(-c2nc3nc(C(F)(F)F)ncc3[nH]2)cc1. The molecule has 0 atom stereocenters. The Hall–Kier alpha value is -2.51. The van der Waals surface area contributed by atoms with Gasteiger partial charge in [-0.3, -0.25) is 0 Å². The van der Waals surface area contributed by atoms with Gasteiger partial charge in [-0.05, 0) is 24.3 Å². The van der Waals surface area contributed by atoms with Crippen LogP contribution >= 0.6 is 0 Å². The van der Waals surface area contributed by atoms with Gasteiger partial charge in [-0.15, -0.1) is 0 Å². The van der Waals surface area contributed by atoms with E-state index in [2.05, 4.69) is 19.9 Å². The van der Waals surface area contributed by atoms with Crippen molar-refractivity contribution >= 4 is 11.2 Å². The third-order valence-corrected chi connectivity index (χ3v) is 2.61. The molecule has 3 rings (SSSR count). The highest BCUT2D eigenvalue weighted by molar-refractivity contribution is 5.75. The fraction of sp³-hybridized carbons (Fsp3) is 0.0833. The highest BCUT2D eigenvalue weighted by Gasteiger charge is 2.35. The lowest BCUT2D eigenvalue weighted by molar-refractivity contribution is -0.144. The van der Waals surface area contributed by atoms with Crippen LogP contribution in [0.4, 0.5) is 17.6 Å². The van der Waals surface area contributed by atoms with E-state index in [1.165, 1.54) is 24.3 Å². The normalized spacial score (nSPS) is 12.0. The van der Waals surface area contributed by atoms with Crippen LogP contribution in [0.3, 0.4) is 0 Å². The second-order valence-electron chi connectivity index (χ2n) is 4.02. The number of imidazole rings is 1. The van der Waals surface area contributed by atoms with Crippen LogP contribution in [-0.4, -0.2) is 19.9 Å². The van der Waals surface area contributed by atoms with Crippen molar-refractivity contribution in [1.82, 2.24) is 19.9 Å². The quantitative estimate of drug-likeness (QED) is 0.697. The number of aromatic nitrogens is 4. The third-order valence-electron chi connectivity index (χ3n) is 2.61. The number of halogens is 4. The van der Waals surface area contributed by atoms with Gasteiger partial charge in [0.05, 0.1) is 6.20 Å². The molecule has 0 spiro atoms. The molecule has 0 aliphatic carbocycles. The number of fused-ring (bicyclic) bond motifs is 1. The summed E-state index contributed by atoms with van der Waals surface area (Å²) in [4.78, 5) is 13.3. The minimum absolute atomic E-state index is 0.0911. The molecule has 0 fully saturated rings. The lowest BCUT2D eigenvalue weighted by Crippen LogP contribution is -2.10. The fourth-order valence-electron chi connectivity index (χ4n) is 1.69. The van der Waals surface area contributed by atoms with E-state index >= 15 is 0 Å². The standard InChI is InChI=1S/C12H6F4N4/c13-7-3-1-6(2-4-7)9-18-8-5-17-11(12(14,15)16)20-10(8)19-9/h1-5H,(H,17,18,19,20). The summed E-state index contributed by atoms with van der Waals surface area (Å²) in [7, 11) is 0. The number of rotatable bonds is 1. The fourth-order valence-corrected chi connectivity index (χ4v) is 1.69. The number of aromatic amines is 1. The maximum Gasteiger partial charge on any atom is 0.451 e. The van der Waals surface area contributed by atoms with E-state index in [1.807, 2.05) is 0 Å². The number of benzene rings is 1. The first kappa shape index (κ1) is 12.5. The van der Waals surface area contributed by atoms with Gasteiger partial charge in [0.1, 0.15) is 17.2 Å². The highest BCUT2D eigenvalue weighted by Crippen LogP contribution is 2.27. The molecule has 2 aromatic heterocycles. The van der Waals surface area contributed by atoms with E-state index < -0.39 is 17.8 Å². The Morgan fingerprint density at radius 1 is 1.00 bits per heavy atom. The number of nitrogens with one attached hydrogen (secondary N) is 1. The van der Waals surface area contributed by atoms with Crippen molar-refractivity contribution in [2.45, 2.75) is 6.18 Å². The Morgan fingerprint density at radius 2 is 1.70 bits per heavy atom. The molecular weight excluding hydrogens is 276 g/mol. The Kier molecular flexibility index (Phi) is 2.66. The van der Waals surface area contributed by atoms with E-state index in [-0.39, 0.29) is 11.2 Å². The van der Waals surface area contributed by atoms with Crippen LogP contribution in [0.2, 0.25) is 0 Å². The maximum atomic E-state index is 12.8. The number of alkyl halides is 3. The molecule has 1 N–H and O–H groups in total. The van der Waals surface area contributed by atoms with Crippen LogP contribution in [0.25, 0.3) is 22.6 Å². The molecule has 3 aromatic rings. The van der Waals surface area contributed by atoms with E-state index in [0.29, 0.717) is 11.4 Å². The van der Waals surface area contributed by atoms with Crippen LogP contribution < -0.4 is 0 Å². The molecule has 2 heterocycles. The maximum absolute atomic E-state index is 12.8. The summed E-state index contributed by atoms with van der Waals surface area (Å²) >= 11 is 0. The molecule has 0 radical (unpaired) electrons. The average molecular weight is 282 g/mol. The lowest BCUT2D eigenvalue weighted by Gasteiger charge is -2.02. The lowest BCUT2D eigenvalue weighted by atomic mass is 10.2. The molecule has 0 saturated carbocycles. The van der Waals surface area contributed by atoms with Crippen LogP contribution in [-0.2, 0) is 6.18 Å². The molecule has 4 nitrogen and oxygen atoms in total. The van der Waals surface area contributed by atoms with Crippen LogP contribution in [0.15, 0.2) is 30.5 Å². The predicted octanol–water partition coefficient (Wildman–Crippen LogP) is 3.18. The third kappa shape index (κ3) is 2.20. The molecule has 0 unspecified atom stereocenters. The van der Waals surface area contributed by atoms with Crippen LogP contribution in [0.5, 0.6) is 0 Å². The Morgan fingerprint density at radius 3 is 2.35 bits per heavy atom. The van der Waals surface area contributed by atoms with Gasteiger partial charge in [0.2, 0.25) is 5.82 Å². The van der Waals surface area contributed by atoms with Crippen molar-refractivity contribution in [3.63, 3.8) is 0 Å². The average Bonchev–Trinajstić information content (AvgIpc) is 2.81. The first-order valence-electron chi connectivity index (χ1n) is 5.49. The number of nitrogens with zero attached hydrogens (tertiary/aromatic N) is 3. The van der Waals surface area contributed by atoms with Gasteiger partial charge < -0.3 is 4.98 Å². The number of H-pyrrole nitrogens is 1. The van der Waals surface area contributed by atoms with Gasteiger partial charge in [-0.1, -0.05) is 0 Å². The van der Waals surface area contributed by atoms with Crippen LogP contribution in [0, 0.1) is 5.82 Å². The minimum atomic E-state index is -4.62. The zero-order valence-corrected chi connectivity index (χ0v) is 9.74.